The number of furan rings is 1. The van der Waals surface area contributed by atoms with Gasteiger partial charge in [0.15, 0.2) is 5.76 Å². The summed E-state index contributed by atoms with van der Waals surface area (Å²) in [5.74, 6) is 0.966. The Bertz CT molecular complexity index is 972. The number of aryl methyl sites for hydroxylation is 2. The van der Waals surface area contributed by atoms with Gasteiger partial charge in [0.2, 0.25) is 0 Å². The first-order chi connectivity index (χ1) is 15.0. The lowest BCUT2D eigenvalue weighted by Gasteiger charge is -2.40. The maximum atomic E-state index is 12.7. The zero-order valence-corrected chi connectivity index (χ0v) is 18.7. The summed E-state index contributed by atoms with van der Waals surface area (Å²) in [5, 5.41) is 4.51. The van der Waals surface area contributed by atoms with Gasteiger partial charge >= 0.3 is 0 Å². The van der Waals surface area contributed by atoms with Crippen LogP contribution in [0.3, 0.4) is 0 Å². The van der Waals surface area contributed by atoms with Crippen molar-refractivity contribution in [3.8, 4) is 0 Å². The van der Waals surface area contributed by atoms with Crippen LogP contribution in [0.4, 0.5) is 0 Å². The molecule has 1 amide bonds. The standard InChI is InChI=1S/C25H32N4O2/c1-19-22(18-28(3)26-19)17-27(2)23(16-20-8-5-4-6-9-20)21-11-13-29(14-12-21)25(30)24-10-7-15-31-24/h4-10,15,18,21,23H,11-14,16-17H2,1-3H3/t23-/m0/s1. The first-order valence-corrected chi connectivity index (χ1v) is 11.1. The van der Waals surface area contributed by atoms with Crippen molar-refractivity contribution in [2.75, 3.05) is 20.1 Å². The first kappa shape index (κ1) is 21.4. The maximum Gasteiger partial charge on any atom is 0.289 e. The molecular formula is C25H32N4O2. The van der Waals surface area contributed by atoms with Crippen LogP contribution in [0.2, 0.25) is 0 Å². The third-order valence-electron chi connectivity index (χ3n) is 6.49. The van der Waals surface area contributed by atoms with Gasteiger partial charge in [-0.05, 0) is 56.8 Å². The van der Waals surface area contributed by atoms with Crippen LogP contribution in [-0.2, 0) is 20.0 Å². The van der Waals surface area contributed by atoms with Crippen LogP contribution < -0.4 is 0 Å². The van der Waals surface area contributed by atoms with E-state index in [4.69, 9.17) is 4.42 Å². The number of hydrogen-bond donors (Lipinski definition) is 0. The fourth-order valence-electron chi connectivity index (χ4n) is 4.77. The van der Waals surface area contributed by atoms with Gasteiger partial charge in [-0.25, -0.2) is 0 Å². The van der Waals surface area contributed by atoms with Crippen molar-refractivity contribution in [3.63, 3.8) is 0 Å². The molecule has 0 aliphatic carbocycles. The molecule has 31 heavy (non-hydrogen) atoms. The number of nitrogens with zero attached hydrogens (tertiary/aromatic N) is 4. The summed E-state index contributed by atoms with van der Waals surface area (Å²) in [6.45, 7) is 4.50. The Morgan fingerprint density at radius 2 is 1.94 bits per heavy atom. The molecule has 0 unspecified atom stereocenters. The summed E-state index contributed by atoms with van der Waals surface area (Å²) in [4.78, 5) is 17.1. The van der Waals surface area contributed by atoms with E-state index in [0.29, 0.717) is 17.7 Å². The Hall–Kier alpha value is -2.86. The Balaban J connectivity index is 1.46. The van der Waals surface area contributed by atoms with Crippen molar-refractivity contribution >= 4 is 5.91 Å². The quantitative estimate of drug-likeness (QED) is 0.581. The monoisotopic (exact) mass is 420 g/mol. The van der Waals surface area contributed by atoms with Crippen molar-refractivity contribution in [1.82, 2.24) is 19.6 Å². The normalized spacial score (nSPS) is 16.1. The van der Waals surface area contributed by atoms with Gasteiger partial charge < -0.3 is 9.32 Å². The highest BCUT2D eigenvalue weighted by atomic mass is 16.3. The Morgan fingerprint density at radius 1 is 1.19 bits per heavy atom. The van der Waals surface area contributed by atoms with Gasteiger partial charge in [-0.1, -0.05) is 30.3 Å². The van der Waals surface area contributed by atoms with Crippen molar-refractivity contribution in [1.29, 1.82) is 0 Å². The topological polar surface area (TPSA) is 54.5 Å². The molecular weight excluding hydrogens is 388 g/mol. The van der Waals surface area contributed by atoms with Crippen molar-refractivity contribution in [2.24, 2.45) is 13.0 Å². The zero-order chi connectivity index (χ0) is 21.8. The fraction of sp³-hybridized carbons (Fsp3) is 0.440. The van der Waals surface area contributed by atoms with E-state index in [0.717, 1.165) is 44.6 Å². The second-order valence-corrected chi connectivity index (χ2v) is 8.69. The van der Waals surface area contributed by atoms with Crippen molar-refractivity contribution in [3.05, 3.63) is 77.5 Å². The molecule has 1 aliphatic rings. The average Bonchev–Trinajstić information content (AvgIpc) is 3.42. The number of carbonyl (C=O) groups is 1. The smallest absolute Gasteiger partial charge is 0.289 e. The second-order valence-electron chi connectivity index (χ2n) is 8.69. The number of likely N-dealkylation sites (N-methyl/N-ethyl adjacent to an activating group) is 1. The molecule has 2 aromatic heterocycles. The largest absolute Gasteiger partial charge is 0.459 e. The lowest BCUT2D eigenvalue weighted by molar-refractivity contribution is 0.0574. The highest BCUT2D eigenvalue weighted by Gasteiger charge is 2.32. The van der Waals surface area contributed by atoms with E-state index in [9.17, 15) is 4.79 Å². The van der Waals surface area contributed by atoms with Crippen molar-refractivity contribution in [2.45, 2.75) is 38.8 Å². The molecule has 0 saturated carbocycles. The minimum Gasteiger partial charge on any atom is -0.459 e. The molecule has 1 saturated heterocycles. The number of benzene rings is 1. The lowest BCUT2D eigenvalue weighted by atomic mass is 9.84. The fourth-order valence-corrected chi connectivity index (χ4v) is 4.77. The number of likely N-dealkylation sites (tertiary alicyclic amines) is 1. The van der Waals surface area contributed by atoms with E-state index < -0.39 is 0 Å². The van der Waals surface area contributed by atoms with Gasteiger partial charge in [-0.15, -0.1) is 0 Å². The van der Waals surface area contributed by atoms with Crippen LogP contribution in [0, 0.1) is 12.8 Å². The average molecular weight is 421 g/mol. The molecule has 0 bridgehead atoms. The summed E-state index contributed by atoms with van der Waals surface area (Å²) in [5.41, 5.74) is 3.72. The molecule has 4 rings (SSSR count). The number of aromatic nitrogens is 2. The Labute approximate surface area is 184 Å². The van der Waals surface area contributed by atoms with Gasteiger partial charge in [0, 0.05) is 44.5 Å². The number of rotatable bonds is 7. The van der Waals surface area contributed by atoms with Crippen molar-refractivity contribution < 1.29 is 9.21 Å². The molecule has 0 N–H and O–H groups in total. The zero-order valence-electron chi connectivity index (χ0n) is 18.7. The number of carbonyl (C=O) groups excluding carboxylic acids is 1. The Kier molecular flexibility index (Phi) is 6.56. The number of hydrogen-bond acceptors (Lipinski definition) is 4. The highest BCUT2D eigenvalue weighted by Crippen LogP contribution is 2.28. The van der Waals surface area contributed by atoms with Gasteiger partial charge in [0.05, 0.1) is 12.0 Å². The second kappa shape index (κ2) is 9.52. The van der Waals surface area contributed by atoms with Crippen LogP contribution in [0.15, 0.2) is 59.3 Å². The molecule has 1 fully saturated rings. The molecule has 6 nitrogen and oxygen atoms in total. The van der Waals surface area contributed by atoms with E-state index in [1.165, 1.54) is 11.1 Å². The van der Waals surface area contributed by atoms with E-state index in [2.05, 4.69) is 60.5 Å². The lowest BCUT2D eigenvalue weighted by Crippen LogP contribution is -2.46. The van der Waals surface area contributed by atoms with E-state index in [1.807, 2.05) is 16.6 Å². The molecule has 0 spiro atoms. The molecule has 164 valence electrons. The molecule has 1 aliphatic heterocycles. The van der Waals surface area contributed by atoms with Gasteiger partial charge in [-0.3, -0.25) is 14.4 Å². The summed E-state index contributed by atoms with van der Waals surface area (Å²) < 4.78 is 7.20. The molecule has 1 aromatic carbocycles. The van der Waals surface area contributed by atoms with Gasteiger partial charge in [0.1, 0.15) is 0 Å². The van der Waals surface area contributed by atoms with Crippen LogP contribution in [0.5, 0.6) is 0 Å². The summed E-state index contributed by atoms with van der Waals surface area (Å²) in [6.07, 6.45) is 6.69. The summed E-state index contributed by atoms with van der Waals surface area (Å²) in [6, 6.07) is 14.6. The van der Waals surface area contributed by atoms with Gasteiger partial charge in [-0.2, -0.15) is 5.10 Å². The minimum atomic E-state index is 0.00222. The third kappa shape index (κ3) is 5.07. The van der Waals surface area contributed by atoms with E-state index in [1.54, 1.807) is 18.4 Å². The first-order valence-electron chi connectivity index (χ1n) is 11.1. The summed E-state index contributed by atoms with van der Waals surface area (Å²) in [7, 11) is 4.20. The van der Waals surface area contributed by atoms with Crippen LogP contribution >= 0.6 is 0 Å². The van der Waals surface area contributed by atoms with E-state index >= 15 is 0 Å². The predicted molar refractivity (Wildman–Crippen MR) is 121 cm³/mol. The molecule has 6 heteroatoms. The third-order valence-corrected chi connectivity index (χ3v) is 6.49. The van der Waals surface area contributed by atoms with E-state index in [-0.39, 0.29) is 5.91 Å². The minimum absolute atomic E-state index is 0.00222. The summed E-state index contributed by atoms with van der Waals surface area (Å²) >= 11 is 0. The molecule has 3 heterocycles. The highest BCUT2D eigenvalue weighted by molar-refractivity contribution is 5.91. The molecule has 1 atom stereocenters. The predicted octanol–water partition coefficient (Wildman–Crippen LogP) is 3.92. The Morgan fingerprint density at radius 3 is 2.55 bits per heavy atom. The number of piperidine rings is 1. The van der Waals surface area contributed by atoms with Gasteiger partial charge in [0.25, 0.3) is 5.91 Å². The van der Waals surface area contributed by atoms with Crippen LogP contribution in [0.1, 0.15) is 40.2 Å². The van der Waals surface area contributed by atoms with Crippen LogP contribution in [0.25, 0.3) is 0 Å². The van der Waals surface area contributed by atoms with Crippen LogP contribution in [-0.4, -0.2) is 51.7 Å². The maximum absolute atomic E-state index is 12.7. The SMILES string of the molecule is Cc1nn(C)cc1CN(C)[C@@H](Cc1ccccc1)C1CCN(C(=O)c2ccco2)CC1. The number of amides is 1. The molecule has 3 aromatic rings. The molecule has 0 radical (unpaired) electrons.